The first-order valence-corrected chi connectivity index (χ1v) is 8.05. The number of nitrogens with one attached hydrogen (secondary N) is 2. The van der Waals surface area contributed by atoms with Crippen molar-refractivity contribution in [3.63, 3.8) is 0 Å². The van der Waals surface area contributed by atoms with Gasteiger partial charge in [-0.05, 0) is 32.6 Å². The van der Waals surface area contributed by atoms with Crippen molar-refractivity contribution in [2.75, 3.05) is 6.54 Å². The molecule has 7 nitrogen and oxygen atoms in total. The molecule has 3 rings (SSSR count). The highest BCUT2D eigenvalue weighted by Crippen LogP contribution is 2.45. The van der Waals surface area contributed by atoms with Crippen molar-refractivity contribution in [1.82, 2.24) is 15.3 Å². The van der Waals surface area contributed by atoms with Crippen LogP contribution in [-0.2, 0) is 20.7 Å². The quantitative estimate of drug-likeness (QED) is 0.792. The van der Waals surface area contributed by atoms with Crippen LogP contribution < -0.4 is 10.9 Å². The summed E-state index contributed by atoms with van der Waals surface area (Å²) >= 11 is 0. The summed E-state index contributed by atoms with van der Waals surface area (Å²) < 4.78 is 5.48. The van der Waals surface area contributed by atoms with E-state index in [1.165, 1.54) is 6.07 Å². The molecule has 0 bridgehead atoms. The highest BCUT2D eigenvalue weighted by atomic mass is 16.6. The van der Waals surface area contributed by atoms with Crippen molar-refractivity contribution < 1.29 is 14.3 Å². The van der Waals surface area contributed by atoms with E-state index in [0.717, 1.165) is 25.7 Å². The highest BCUT2D eigenvalue weighted by Gasteiger charge is 2.53. The van der Waals surface area contributed by atoms with E-state index in [1.54, 1.807) is 6.92 Å². The molecule has 0 radical (unpaired) electrons. The molecular formula is C16H21N3O4. The Morgan fingerprint density at radius 2 is 2.17 bits per heavy atom. The standard InChI is InChI=1S/C16H21N3O4/c1-10-18-11(8-13(20)19-10)4-7-17-15(22)12-9-14(21)23-16(12)5-2-3-6-16/h8,12H,2-7,9H2,1H3,(H,17,22)(H,18,19,20). The second kappa shape index (κ2) is 6.14. The number of aryl methyl sites for hydroxylation is 1. The smallest absolute Gasteiger partial charge is 0.307 e. The molecule has 2 aliphatic rings. The van der Waals surface area contributed by atoms with Crippen molar-refractivity contribution >= 4 is 11.9 Å². The summed E-state index contributed by atoms with van der Waals surface area (Å²) in [4.78, 5) is 42.3. The summed E-state index contributed by atoms with van der Waals surface area (Å²) in [5.41, 5.74) is -0.140. The maximum absolute atomic E-state index is 12.4. The molecule has 1 amide bonds. The molecule has 1 aromatic heterocycles. The number of rotatable bonds is 4. The average Bonchev–Trinajstić information content (AvgIpc) is 3.05. The SMILES string of the molecule is Cc1nc(CCNC(=O)C2CC(=O)OC23CCCC3)cc(=O)[nH]1. The maximum atomic E-state index is 12.4. The number of amides is 1. The highest BCUT2D eigenvalue weighted by molar-refractivity contribution is 5.87. The molecule has 23 heavy (non-hydrogen) atoms. The zero-order valence-corrected chi connectivity index (χ0v) is 13.2. The van der Waals surface area contributed by atoms with Gasteiger partial charge >= 0.3 is 5.97 Å². The van der Waals surface area contributed by atoms with Gasteiger partial charge < -0.3 is 15.0 Å². The molecule has 2 heterocycles. The summed E-state index contributed by atoms with van der Waals surface area (Å²) in [6, 6.07) is 1.43. The van der Waals surface area contributed by atoms with Crippen LogP contribution in [0.3, 0.4) is 0 Å². The molecule has 1 atom stereocenters. The normalized spacial score (nSPS) is 22.3. The summed E-state index contributed by atoms with van der Waals surface area (Å²) in [7, 11) is 0. The Morgan fingerprint density at radius 3 is 2.87 bits per heavy atom. The molecule has 2 N–H and O–H groups in total. The first-order valence-electron chi connectivity index (χ1n) is 8.05. The van der Waals surface area contributed by atoms with Crippen LogP contribution in [0.2, 0.25) is 0 Å². The van der Waals surface area contributed by atoms with Gasteiger partial charge in [-0.3, -0.25) is 14.4 Å². The topological polar surface area (TPSA) is 101 Å². The van der Waals surface area contributed by atoms with E-state index in [2.05, 4.69) is 15.3 Å². The number of hydrogen-bond donors (Lipinski definition) is 2. The van der Waals surface area contributed by atoms with E-state index >= 15 is 0 Å². The van der Waals surface area contributed by atoms with Gasteiger partial charge in [0.15, 0.2) is 0 Å². The number of carbonyl (C=O) groups excluding carboxylic acids is 2. The maximum Gasteiger partial charge on any atom is 0.307 e. The lowest BCUT2D eigenvalue weighted by Gasteiger charge is -2.27. The number of H-pyrrole nitrogens is 1. The fraction of sp³-hybridized carbons (Fsp3) is 0.625. The van der Waals surface area contributed by atoms with E-state index in [4.69, 9.17) is 4.74 Å². The molecule has 1 saturated carbocycles. The molecule has 7 heteroatoms. The van der Waals surface area contributed by atoms with E-state index in [-0.39, 0.29) is 23.9 Å². The third-order valence-electron chi connectivity index (χ3n) is 4.68. The predicted octanol–water partition coefficient (Wildman–Crippen LogP) is 0.613. The van der Waals surface area contributed by atoms with Crippen molar-refractivity contribution in [3.8, 4) is 0 Å². The van der Waals surface area contributed by atoms with E-state index in [0.29, 0.717) is 24.5 Å². The van der Waals surface area contributed by atoms with Gasteiger partial charge in [-0.2, -0.15) is 0 Å². The van der Waals surface area contributed by atoms with Crippen LogP contribution in [0.5, 0.6) is 0 Å². The second-order valence-corrected chi connectivity index (χ2v) is 6.37. The zero-order valence-electron chi connectivity index (χ0n) is 13.2. The first-order chi connectivity index (χ1) is 11.0. The minimum atomic E-state index is -0.583. The van der Waals surface area contributed by atoms with Crippen LogP contribution >= 0.6 is 0 Å². The molecule has 124 valence electrons. The fourth-order valence-corrected chi connectivity index (χ4v) is 3.65. The lowest BCUT2D eigenvalue weighted by molar-refractivity contribution is -0.149. The number of nitrogens with zero attached hydrogens (tertiary/aromatic N) is 1. The van der Waals surface area contributed by atoms with Crippen molar-refractivity contribution in [3.05, 3.63) is 27.9 Å². The largest absolute Gasteiger partial charge is 0.458 e. The summed E-state index contributed by atoms with van der Waals surface area (Å²) in [6.07, 6.45) is 4.16. The molecular weight excluding hydrogens is 298 g/mol. The second-order valence-electron chi connectivity index (χ2n) is 6.37. The lowest BCUT2D eigenvalue weighted by atomic mass is 9.85. The van der Waals surface area contributed by atoms with Crippen LogP contribution in [-0.4, -0.2) is 34.0 Å². The summed E-state index contributed by atoms with van der Waals surface area (Å²) in [5.74, 6) is -0.261. The van der Waals surface area contributed by atoms with Crippen LogP contribution in [0.15, 0.2) is 10.9 Å². The van der Waals surface area contributed by atoms with Gasteiger partial charge in [-0.15, -0.1) is 0 Å². The average molecular weight is 319 g/mol. The number of ether oxygens (including phenoxy) is 1. The Balaban J connectivity index is 1.58. The van der Waals surface area contributed by atoms with Gasteiger partial charge in [0.25, 0.3) is 5.56 Å². The third kappa shape index (κ3) is 3.28. The van der Waals surface area contributed by atoms with Crippen molar-refractivity contribution in [2.45, 2.75) is 51.0 Å². The van der Waals surface area contributed by atoms with Gasteiger partial charge in [0, 0.05) is 24.7 Å². The monoisotopic (exact) mass is 319 g/mol. The van der Waals surface area contributed by atoms with Crippen LogP contribution in [0.25, 0.3) is 0 Å². The molecule has 1 saturated heterocycles. The Labute approximate surface area is 133 Å². The number of esters is 1. The molecule has 1 aromatic rings. The zero-order chi connectivity index (χ0) is 16.4. The minimum absolute atomic E-state index is 0.140. The van der Waals surface area contributed by atoms with Gasteiger partial charge in [0.2, 0.25) is 5.91 Å². The molecule has 1 aliphatic heterocycles. The van der Waals surface area contributed by atoms with Gasteiger partial charge in [0.05, 0.1) is 12.3 Å². The Hall–Kier alpha value is -2.18. The van der Waals surface area contributed by atoms with Crippen LogP contribution in [0, 0.1) is 12.8 Å². The first kappa shape index (κ1) is 15.7. The summed E-state index contributed by atoms with van der Waals surface area (Å²) in [5, 5.41) is 2.86. The Kier molecular flexibility index (Phi) is 4.19. The van der Waals surface area contributed by atoms with Crippen LogP contribution in [0.4, 0.5) is 0 Å². The van der Waals surface area contributed by atoms with Crippen LogP contribution in [0.1, 0.15) is 43.6 Å². The van der Waals surface area contributed by atoms with E-state index in [1.807, 2.05) is 0 Å². The number of aromatic nitrogens is 2. The Bertz CT molecular complexity index is 676. The van der Waals surface area contributed by atoms with Crippen molar-refractivity contribution in [2.24, 2.45) is 5.92 Å². The number of aromatic amines is 1. The minimum Gasteiger partial charge on any atom is -0.458 e. The molecule has 1 unspecified atom stereocenters. The van der Waals surface area contributed by atoms with Gasteiger partial charge in [0.1, 0.15) is 11.4 Å². The molecule has 1 spiro atoms. The number of hydrogen-bond acceptors (Lipinski definition) is 5. The van der Waals surface area contributed by atoms with E-state index < -0.39 is 11.5 Å². The van der Waals surface area contributed by atoms with Crippen molar-refractivity contribution in [1.29, 1.82) is 0 Å². The molecule has 1 aliphatic carbocycles. The van der Waals surface area contributed by atoms with E-state index in [9.17, 15) is 14.4 Å². The predicted molar refractivity (Wildman–Crippen MR) is 81.7 cm³/mol. The molecule has 2 fully saturated rings. The third-order valence-corrected chi connectivity index (χ3v) is 4.68. The molecule has 0 aromatic carbocycles. The van der Waals surface area contributed by atoms with Gasteiger partial charge in [-0.25, -0.2) is 4.98 Å². The van der Waals surface area contributed by atoms with Gasteiger partial charge in [-0.1, -0.05) is 0 Å². The lowest BCUT2D eigenvalue weighted by Crippen LogP contribution is -2.43. The fourth-order valence-electron chi connectivity index (χ4n) is 3.65. The number of carbonyl (C=O) groups is 2. The summed E-state index contributed by atoms with van der Waals surface area (Å²) in [6.45, 7) is 2.10. The Morgan fingerprint density at radius 1 is 1.43 bits per heavy atom.